The van der Waals surface area contributed by atoms with Crippen molar-refractivity contribution in [3.63, 3.8) is 0 Å². The highest BCUT2D eigenvalue weighted by atomic mass is 32.2. The number of carbonyl (C=O) groups is 1. The van der Waals surface area contributed by atoms with Crippen LogP contribution in [0, 0.1) is 0 Å². The van der Waals surface area contributed by atoms with Crippen LogP contribution in [-0.2, 0) is 29.0 Å². The van der Waals surface area contributed by atoms with E-state index in [0.717, 1.165) is 4.57 Å². The van der Waals surface area contributed by atoms with Gasteiger partial charge in [-0.25, -0.2) is 14.2 Å². The van der Waals surface area contributed by atoms with Gasteiger partial charge in [0, 0.05) is 0 Å². The molecule has 1 aromatic heterocycles. The van der Waals surface area contributed by atoms with Crippen LogP contribution in [-0.4, -0.2) is 35.2 Å². The summed E-state index contributed by atoms with van der Waals surface area (Å²) >= 11 is 0. The molecule has 0 amide bonds. The maximum Gasteiger partial charge on any atom is 0.344 e. The fourth-order valence-corrected chi connectivity index (χ4v) is 3.77. The summed E-state index contributed by atoms with van der Waals surface area (Å²) in [6, 6.07) is 14.7. The third-order valence-electron chi connectivity index (χ3n) is 4.81. The second kappa shape index (κ2) is 9.84. The lowest BCUT2D eigenvalue weighted by Gasteiger charge is -2.18. The van der Waals surface area contributed by atoms with Crippen LogP contribution in [0.15, 0.2) is 64.2 Å². The second-order valence-electron chi connectivity index (χ2n) is 7.05. The summed E-state index contributed by atoms with van der Waals surface area (Å²) in [5.74, 6) is -1.81. The molecule has 0 aliphatic carbocycles. The van der Waals surface area contributed by atoms with Crippen molar-refractivity contribution in [1.29, 1.82) is 0 Å². The Kier molecular flexibility index (Phi) is 7.14. The summed E-state index contributed by atoms with van der Waals surface area (Å²) in [5, 5.41) is 0. The topological polar surface area (TPSA) is 134 Å². The molecule has 0 bridgehead atoms. The van der Waals surface area contributed by atoms with E-state index in [9.17, 15) is 27.4 Å². The Morgan fingerprint density at radius 2 is 1.64 bits per heavy atom. The molecule has 0 saturated carbocycles. The number of nitrogens with zero attached hydrogens (tertiary/aromatic N) is 2. The van der Waals surface area contributed by atoms with E-state index in [0.29, 0.717) is 15.9 Å². The van der Waals surface area contributed by atoms with E-state index in [1.54, 1.807) is 49.4 Å². The average Bonchev–Trinajstić information content (AvgIpc) is 2.79. The van der Waals surface area contributed by atoms with Crippen LogP contribution in [0.3, 0.4) is 0 Å². The number of hydrogen-bond acceptors (Lipinski definition) is 7. The average molecular weight is 474 g/mol. The number of hydrogen-bond donors (Lipinski definition) is 1. The molecule has 0 aliphatic heterocycles. The number of aromatic nitrogens is 2. The highest BCUT2D eigenvalue weighted by Gasteiger charge is 2.24. The Labute approximate surface area is 189 Å². The highest BCUT2D eigenvalue weighted by Crippen LogP contribution is 2.19. The van der Waals surface area contributed by atoms with Crippen molar-refractivity contribution >= 4 is 16.1 Å². The third-order valence-corrected chi connectivity index (χ3v) is 5.40. The quantitative estimate of drug-likeness (QED) is 0.385. The van der Waals surface area contributed by atoms with Crippen molar-refractivity contribution in [2.24, 2.45) is 0 Å². The third kappa shape index (κ3) is 5.57. The van der Waals surface area contributed by atoms with Gasteiger partial charge in [0.15, 0.2) is 5.88 Å². The van der Waals surface area contributed by atoms with Crippen molar-refractivity contribution in [2.75, 3.05) is 7.11 Å². The smallest absolute Gasteiger partial charge is 0.344 e. The summed E-state index contributed by atoms with van der Waals surface area (Å²) in [7, 11) is -3.22. The molecular weight excluding hydrogens is 452 g/mol. The van der Waals surface area contributed by atoms with Gasteiger partial charge in [-0.1, -0.05) is 37.3 Å². The maximum absolute atomic E-state index is 13.1. The molecule has 0 spiro atoms. The number of benzene rings is 2. The molecule has 0 fully saturated rings. The number of esters is 1. The molecule has 2 aromatic carbocycles. The van der Waals surface area contributed by atoms with E-state index in [1.807, 2.05) is 0 Å². The lowest BCUT2D eigenvalue weighted by Crippen LogP contribution is -2.44. The van der Waals surface area contributed by atoms with E-state index in [4.69, 9.17) is 9.47 Å². The van der Waals surface area contributed by atoms with Gasteiger partial charge in [-0.2, -0.15) is 8.42 Å². The molecule has 0 atom stereocenters. The van der Waals surface area contributed by atoms with Gasteiger partial charge in [0.05, 0.1) is 24.8 Å². The van der Waals surface area contributed by atoms with Gasteiger partial charge >= 0.3 is 11.7 Å². The van der Waals surface area contributed by atoms with Gasteiger partial charge < -0.3 is 9.47 Å². The number of carbonyl (C=O) groups excluding carboxylic acids is 1. The van der Waals surface area contributed by atoms with Crippen LogP contribution in [0.1, 0.15) is 28.4 Å². The summed E-state index contributed by atoms with van der Waals surface area (Å²) in [5.41, 5.74) is -1.31. The molecule has 1 N–H and O–H groups in total. The zero-order valence-corrected chi connectivity index (χ0v) is 18.7. The molecule has 3 rings (SSSR count). The molecule has 174 valence electrons. The maximum atomic E-state index is 13.1. The van der Waals surface area contributed by atoms with Crippen LogP contribution in [0.2, 0.25) is 0 Å². The fourth-order valence-electron chi connectivity index (χ4n) is 3.21. The molecule has 0 unspecified atom stereocenters. The Hall–Kier alpha value is -3.70. The first-order chi connectivity index (χ1) is 15.6. The Balaban J connectivity index is 2.18. The predicted molar refractivity (Wildman–Crippen MR) is 119 cm³/mol. The Morgan fingerprint density at radius 1 is 1.00 bits per heavy atom. The van der Waals surface area contributed by atoms with Gasteiger partial charge in [0.2, 0.25) is 5.88 Å². The van der Waals surface area contributed by atoms with Crippen LogP contribution >= 0.6 is 0 Å². The number of methoxy groups -OCH3 is 1. The standard InChI is InChI=1S/C22H22N2O8S/c1-3-18-19(25)24(14-33(28,29)30)22(27)23(13-15-7-5-4-6-8-15)20(18)32-21(26)16-9-11-17(31-2)12-10-16/h4-12H,3,13-14H2,1-2H3,(H,28,29,30). The number of ether oxygens (including phenoxy) is 2. The molecule has 11 heteroatoms. The van der Waals surface area contributed by atoms with Crippen molar-refractivity contribution in [2.45, 2.75) is 25.8 Å². The molecule has 0 radical (unpaired) electrons. The van der Waals surface area contributed by atoms with E-state index in [-0.39, 0.29) is 30.0 Å². The van der Waals surface area contributed by atoms with Gasteiger partial charge in [-0.15, -0.1) is 0 Å². The SMILES string of the molecule is CCc1c(OC(=O)c2ccc(OC)cc2)n(Cc2ccccc2)c(=O)n(CS(=O)(=O)O)c1=O. The normalized spacial score (nSPS) is 11.2. The fraction of sp³-hybridized carbons (Fsp3) is 0.227. The summed E-state index contributed by atoms with van der Waals surface area (Å²) < 4.78 is 44.1. The molecule has 0 aliphatic rings. The summed E-state index contributed by atoms with van der Waals surface area (Å²) in [4.78, 5) is 38.8. The van der Waals surface area contributed by atoms with Crippen LogP contribution in [0.25, 0.3) is 0 Å². The minimum Gasteiger partial charge on any atom is -0.497 e. The zero-order chi connectivity index (χ0) is 24.2. The summed E-state index contributed by atoms with van der Waals surface area (Å²) in [6.45, 7) is 1.49. The first kappa shape index (κ1) is 24.0. The van der Waals surface area contributed by atoms with E-state index in [1.165, 1.54) is 19.2 Å². The monoisotopic (exact) mass is 474 g/mol. The van der Waals surface area contributed by atoms with Gasteiger partial charge in [-0.05, 0) is 36.2 Å². The van der Waals surface area contributed by atoms with Crippen molar-refractivity contribution in [3.05, 3.63) is 92.1 Å². The molecule has 33 heavy (non-hydrogen) atoms. The van der Waals surface area contributed by atoms with Crippen molar-refractivity contribution in [3.8, 4) is 11.6 Å². The van der Waals surface area contributed by atoms with Gasteiger partial charge in [-0.3, -0.25) is 13.9 Å². The van der Waals surface area contributed by atoms with E-state index in [2.05, 4.69) is 0 Å². The minimum absolute atomic E-state index is 0.0323. The minimum atomic E-state index is -4.69. The Morgan fingerprint density at radius 3 is 2.18 bits per heavy atom. The molecule has 1 heterocycles. The number of rotatable bonds is 8. The van der Waals surface area contributed by atoms with Gasteiger partial charge in [0.1, 0.15) is 5.75 Å². The van der Waals surface area contributed by atoms with Crippen LogP contribution in [0.4, 0.5) is 0 Å². The molecule has 0 saturated heterocycles. The molecule has 3 aromatic rings. The van der Waals surface area contributed by atoms with Crippen molar-refractivity contribution in [1.82, 2.24) is 9.13 Å². The molecular formula is C22H22N2O8S. The molecule has 10 nitrogen and oxygen atoms in total. The van der Waals surface area contributed by atoms with Gasteiger partial charge in [0.25, 0.3) is 15.7 Å². The highest BCUT2D eigenvalue weighted by molar-refractivity contribution is 7.84. The Bertz CT molecular complexity index is 1370. The second-order valence-corrected chi connectivity index (χ2v) is 8.48. The summed E-state index contributed by atoms with van der Waals surface area (Å²) in [6.07, 6.45) is 0.0323. The van der Waals surface area contributed by atoms with Crippen LogP contribution < -0.4 is 20.7 Å². The van der Waals surface area contributed by atoms with E-state index >= 15 is 0 Å². The lowest BCUT2D eigenvalue weighted by atomic mass is 10.2. The first-order valence-corrected chi connectivity index (χ1v) is 11.5. The van der Waals surface area contributed by atoms with Crippen LogP contribution in [0.5, 0.6) is 11.6 Å². The first-order valence-electron chi connectivity index (χ1n) is 9.86. The van der Waals surface area contributed by atoms with E-state index < -0.39 is 33.2 Å². The van der Waals surface area contributed by atoms with Crippen molar-refractivity contribution < 1.29 is 27.2 Å². The predicted octanol–water partition coefficient (Wildman–Crippen LogP) is 1.69. The lowest BCUT2D eigenvalue weighted by molar-refractivity contribution is 0.0715. The largest absolute Gasteiger partial charge is 0.497 e. The zero-order valence-electron chi connectivity index (χ0n) is 17.9.